The second-order valence-electron chi connectivity index (χ2n) is 6.29. The van der Waals surface area contributed by atoms with Crippen molar-refractivity contribution in [2.75, 3.05) is 0 Å². The molecule has 0 aromatic carbocycles. The highest BCUT2D eigenvalue weighted by atomic mass is 32.2. The lowest BCUT2D eigenvalue weighted by molar-refractivity contribution is -0.141. The molecule has 1 heterocycles. The average Bonchev–Trinajstić information content (AvgIpc) is 3.17. The molecule has 0 unspecified atom stereocenters. The predicted molar refractivity (Wildman–Crippen MR) is 75.7 cm³/mol. The first kappa shape index (κ1) is 16.4. The second kappa shape index (κ2) is 5.68. The van der Waals surface area contributed by atoms with E-state index in [9.17, 15) is 17.4 Å². The lowest BCUT2D eigenvalue weighted by Gasteiger charge is -2.24. The molecule has 0 aliphatic heterocycles. The Bertz CT molecular complexity index is 519. The van der Waals surface area contributed by atoms with Crippen LogP contribution in [0.1, 0.15) is 50.9 Å². The Morgan fingerprint density at radius 2 is 1.90 bits per heavy atom. The summed E-state index contributed by atoms with van der Waals surface area (Å²) in [5.41, 5.74) is -0.249. The van der Waals surface area contributed by atoms with Crippen molar-refractivity contribution < 1.29 is 17.4 Å². The molecule has 1 aliphatic carbocycles. The van der Waals surface area contributed by atoms with Gasteiger partial charge in [-0.15, -0.1) is 0 Å². The highest BCUT2D eigenvalue weighted by Crippen LogP contribution is 2.41. The van der Waals surface area contributed by atoms with Crippen LogP contribution in [0.2, 0.25) is 0 Å². The van der Waals surface area contributed by atoms with Crippen molar-refractivity contribution in [3.05, 3.63) is 29.6 Å². The fourth-order valence-electron chi connectivity index (χ4n) is 1.92. The molecule has 118 valence electrons. The Labute approximate surface area is 124 Å². The van der Waals surface area contributed by atoms with Gasteiger partial charge in [-0.05, 0) is 51.2 Å². The van der Waals surface area contributed by atoms with E-state index in [1.807, 2.05) is 20.8 Å². The van der Waals surface area contributed by atoms with Gasteiger partial charge in [0.1, 0.15) is 5.69 Å². The fraction of sp³-hybridized carbons (Fsp3) is 0.643. The minimum Gasteiger partial charge on any atom is -0.251 e. The summed E-state index contributed by atoms with van der Waals surface area (Å²) in [5.74, 6) is 0.315. The number of halogens is 3. The first-order valence-corrected chi connectivity index (χ1v) is 7.95. The minimum absolute atomic E-state index is 0.208. The van der Waals surface area contributed by atoms with Gasteiger partial charge in [-0.1, -0.05) is 6.07 Å². The molecule has 1 saturated carbocycles. The Kier molecular flexibility index (Phi) is 4.44. The predicted octanol–water partition coefficient (Wildman–Crippen LogP) is 3.60. The smallest absolute Gasteiger partial charge is 0.251 e. The van der Waals surface area contributed by atoms with Crippen LogP contribution in [-0.4, -0.2) is 13.9 Å². The maximum atomic E-state index is 12.5. The normalized spacial score (nSPS) is 19.3. The van der Waals surface area contributed by atoms with Crippen LogP contribution in [0.25, 0.3) is 0 Å². The molecule has 0 spiro atoms. The average molecular weight is 320 g/mol. The van der Waals surface area contributed by atoms with E-state index in [0.29, 0.717) is 11.5 Å². The van der Waals surface area contributed by atoms with Crippen LogP contribution in [-0.2, 0) is 17.2 Å². The zero-order chi connectivity index (χ0) is 15.8. The van der Waals surface area contributed by atoms with Crippen molar-refractivity contribution in [1.82, 2.24) is 9.71 Å². The van der Waals surface area contributed by atoms with Gasteiger partial charge in [0.05, 0.1) is 15.7 Å². The quantitative estimate of drug-likeness (QED) is 0.921. The standard InChI is InChI=1S/C14H19F3N2OS/c1-13(2,3)21(20)19-12(9-4-5-9)10-6-7-11(18-8-10)14(15,16)17/h6-9,12,19H,4-5H2,1-3H3/t12-,21+/m1/s1. The van der Waals surface area contributed by atoms with Crippen molar-refractivity contribution in [1.29, 1.82) is 0 Å². The molecular formula is C14H19F3N2OS. The van der Waals surface area contributed by atoms with Crippen LogP contribution in [0.5, 0.6) is 0 Å². The molecule has 0 bridgehead atoms. The molecule has 1 fully saturated rings. The van der Waals surface area contributed by atoms with Crippen molar-refractivity contribution in [2.24, 2.45) is 5.92 Å². The van der Waals surface area contributed by atoms with Crippen LogP contribution in [0, 0.1) is 5.92 Å². The number of nitrogens with one attached hydrogen (secondary N) is 1. The number of pyridine rings is 1. The molecule has 2 rings (SSSR count). The number of nitrogens with zero attached hydrogens (tertiary/aromatic N) is 1. The highest BCUT2D eigenvalue weighted by molar-refractivity contribution is 7.84. The van der Waals surface area contributed by atoms with Gasteiger partial charge in [-0.25, -0.2) is 8.93 Å². The Hall–Kier alpha value is -0.950. The summed E-state index contributed by atoms with van der Waals surface area (Å²) in [6.07, 6.45) is -1.23. The lowest BCUT2D eigenvalue weighted by Crippen LogP contribution is -2.36. The summed E-state index contributed by atoms with van der Waals surface area (Å²) in [6, 6.07) is 2.19. The van der Waals surface area contributed by atoms with Gasteiger partial charge in [0.25, 0.3) is 0 Å². The maximum absolute atomic E-state index is 12.5. The van der Waals surface area contributed by atoms with Crippen molar-refractivity contribution in [3.63, 3.8) is 0 Å². The zero-order valence-corrected chi connectivity index (χ0v) is 13.0. The molecule has 0 radical (unpaired) electrons. The van der Waals surface area contributed by atoms with E-state index in [4.69, 9.17) is 0 Å². The van der Waals surface area contributed by atoms with Gasteiger partial charge in [0.15, 0.2) is 0 Å². The van der Waals surface area contributed by atoms with Crippen LogP contribution < -0.4 is 4.72 Å². The summed E-state index contributed by atoms with van der Waals surface area (Å²) in [6.45, 7) is 5.56. The van der Waals surface area contributed by atoms with E-state index in [0.717, 1.165) is 18.9 Å². The molecule has 3 nitrogen and oxygen atoms in total. The first-order chi connectivity index (χ1) is 9.59. The Morgan fingerprint density at radius 3 is 2.29 bits per heavy atom. The lowest BCUT2D eigenvalue weighted by atomic mass is 10.1. The molecule has 1 aromatic rings. The molecule has 1 aliphatic rings. The van der Waals surface area contributed by atoms with E-state index in [1.165, 1.54) is 12.3 Å². The van der Waals surface area contributed by atoms with Gasteiger partial charge in [-0.2, -0.15) is 13.2 Å². The molecule has 7 heteroatoms. The van der Waals surface area contributed by atoms with Gasteiger partial charge >= 0.3 is 6.18 Å². The molecule has 21 heavy (non-hydrogen) atoms. The largest absolute Gasteiger partial charge is 0.433 e. The number of hydrogen-bond acceptors (Lipinski definition) is 2. The molecule has 0 saturated heterocycles. The fourth-order valence-corrected chi connectivity index (χ4v) is 2.83. The van der Waals surface area contributed by atoms with E-state index < -0.39 is 27.6 Å². The number of alkyl halides is 3. The van der Waals surface area contributed by atoms with E-state index >= 15 is 0 Å². The summed E-state index contributed by atoms with van der Waals surface area (Å²) < 4.78 is 52.4. The molecule has 1 N–H and O–H groups in total. The topological polar surface area (TPSA) is 42.0 Å². The van der Waals surface area contributed by atoms with Gasteiger partial charge in [0, 0.05) is 12.2 Å². The SMILES string of the molecule is CC(C)(C)[S@](=O)N[C@@H](c1ccc(C(F)(F)F)nc1)C1CC1. The monoisotopic (exact) mass is 320 g/mol. The molecule has 1 aromatic heterocycles. The summed E-state index contributed by atoms with van der Waals surface area (Å²) >= 11 is 0. The van der Waals surface area contributed by atoms with Crippen LogP contribution >= 0.6 is 0 Å². The minimum atomic E-state index is -4.44. The third-order valence-electron chi connectivity index (χ3n) is 3.32. The van der Waals surface area contributed by atoms with E-state index in [2.05, 4.69) is 9.71 Å². The van der Waals surface area contributed by atoms with Crippen LogP contribution in [0.3, 0.4) is 0 Å². The van der Waals surface area contributed by atoms with Crippen molar-refractivity contribution >= 4 is 11.0 Å². The Morgan fingerprint density at radius 1 is 1.29 bits per heavy atom. The van der Waals surface area contributed by atoms with Gasteiger partial charge in [0.2, 0.25) is 0 Å². The van der Waals surface area contributed by atoms with E-state index in [-0.39, 0.29) is 6.04 Å². The highest BCUT2D eigenvalue weighted by Gasteiger charge is 2.37. The number of hydrogen-bond donors (Lipinski definition) is 1. The number of aromatic nitrogens is 1. The summed E-state index contributed by atoms with van der Waals surface area (Å²) in [7, 11) is -1.27. The van der Waals surface area contributed by atoms with Crippen molar-refractivity contribution in [2.45, 2.75) is 50.6 Å². The number of rotatable bonds is 4. The third kappa shape index (κ3) is 4.26. The van der Waals surface area contributed by atoms with Crippen molar-refractivity contribution in [3.8, 4) is 0 Å². The molecular weight excluding hydrogens is 301 g/mol. The molecule has 0 amide bonds. The van der Waals surface area contributed by atoms with Crippen LogP contribution in [0.4, 0.5) is 13.2 Å². The van der Waals surface area contributed by atoms with E-state index in [1.54, 1.807) is 0 Å². The van der Waals surface area contributed by atoms with Gasteiger partial charge < -0.3 is 0 Å². The maximum Gasteiger partial charge on any atom is 0.433 e. The summed E-state index contributed by atoms with van der Waals surface area (Å²) in [5, 5.41) is 0. The molecule has 2 atom stereocenters. The van der Waals surface area contributed by atoms with Gasteiger partial charge in [-0.3, -0.25) is 4.98 Å². The first-order valence-electron chi connectivity index (χ1n) is 6.80. The van der Waals surface area contributed by atoms with Crippen LogP contribution in [0.15, 0.2) is 18.3 Å². The third-order valence-corrected chi connectivity index (χ3v) is 4.90. The summed E-state index contributed by atoms with van der Waals surface area (Å²) in [4.78, 5) is 3.49. The second-order valence-corrected chi connectivity index (χ2v) is 8.29. The Balaban J connectivity index is 2.18. The zero-order valence-electron chi connectivity index (χ0n) is 12.2.